The Labute approximate surface area is 122 Å². The van der Waals surface area contributed by atoms with Gasteiger partial charge in [0.25, 0.3) is 6.47 Å². The highest BCUT2D eigenvalue weighted by molar-refractivity contribution is 5.79. The van der Waals surface area contributed by atoms with Crippen LogP contribution in [0.3, 0.4) is 0 Å². The van der Waals surface area contributed by atoms with Crippen LogP contribution in [0, 0.1) is 5.92 Å². The van der Waals surface area contributed by atoms with Gasteiger partial charge in [0.1, 0.15) is 6.10 Å². The monoisotopic (exact) mass is 283 g/mol. The number of carbonyl (C=O) groups is 2. The molecule has 4 nitrogen and oxygen atoms in total. The third kappa shape index (κ3) is 6.40. The van der Waals surface area contributed by atoms with E-state index in [0.29, 0.717) is 6.47 Å². The van der Waals surface area contributed by atoms with Crippen molar-refractivity contribution in [2.24, 2.45) is 5.92 Å². The van der Waals surface area contributed by atoms with Crippen molar-refractivity contribution < 1.29 is 14.3 Å². The number of amides is 1. The van der Waals surface area contributed by atoms with Crippen LogP contribution in [0.1, 0.15) is 71.1 Å². The Kier molecular flexibility index (Phi) is 9.09. The molecule has 116 valence electrons. The maximum atomic E-state index is 12.1. The van der Waals surface area contributed by atoms with Gasteiger partial charge in [-0.15, -0.1) is 0 Å². The largest absolute Gasteiger partial charge is 0.464 e. The van der Waals surface area contributed by atoms with Crippen molar-refractivity contribution in [3.8, 4) is 0 Å². The van der Waals surface area contributed by atoms with Crippen molar-refractivity contribution in [2.75, 3.05) is 6.54 Å². The SMILES string of the molecule is CCCCCCCCNC(=O)[C@H]1CCCC[C@@H]1OC=O. The van der Waals surface area contributed by atoms with Gasteiger partial charge in [-0.25, -0.2) is 0 Å². The smallest absolute Gasteiger partial charge is 0.293 e. The Morgan fingerprint density at radius 2 is 1.85 bits per heavy atom. The Balaban J connectivity index is 2.15. The number of ether oxygens (including phenoxy) is 1. The first-order valence-electron chi connectivity index (χ1n) is 8.16. The third-order valence-corrected chi connectivity index (χ3v) is 4.10. The molecule has 1 saturated carbocycles. The molecule has 1 fully saturated rings. The van der Waals surface area contributed by atoms with E-state index in [9.17, 15) is 9.59 Å². The molecule has 1 amide bonds. The Morgan fingerprint density at radius 1 is 1.15 bits per heavy atom. The van der Waals surface area contributed by atoms with Gasteiger partial charge in [-0.2, -0.15) is 0 Å². The molecule has 0 aliphatic heterocycles. The van der Waals surface area contributed by atoms with Crippen LogP contribution in [0.4, 0.5) is 0 Å². The number of rotatable bonds is 10. The van der Waals surface area contributed by atoms with Crippen LogP contribution < -0.4 is 5.32 Å². The molecule has 2 atom stereocenters. The molecule has 4 heteroatoms. The molecule has 0 saturated heterocycles. The van der Waals surface area contributed by atoms with Gasteiger partial charge in [0.2, 0.25) is 5.91 Å². The summed E-state index contributed by atoms with van der Waals surface area (Å²) in [5.41, 5.74) is 0. The molecule has 0 spiro atoms. The first-order chi connectivity index (χ1) is 9.79. The second-order valence-corrected chi connectivity index (χ2v) is 5.72. The third-order valence-electron chi connectivity index (χ3n) is 4.10. The fraction of sp³-hybridized carbons (Fsp3) is 0.875. The van der Waals surface area contributed by atoms with Gasteiger partial charge < -0.3 is 10.1 Å². The second-order valence-electron chi connectivity index (χ2n) is 5.72. The van der Waals surface area contributed by atoms with Crippen LogP contribution in [-0.4, -0.2) is 25.0 Å². The van der Waals surface area contributed by atoms with E-state index in [-0.39, 0.29) is 17.9 Å². The highest BCUT2D eigenvalue weighted by Crippen LogP contribution is 2.26. The minimum absolute atomic E-state index is 0.0603. The summed E-state index contributed by atoms with van der Waals surface area (Å²) in [5.74, 6) is -0.0841. The van der Waals surface area contributed by atoms with Crippen molar-refractivity contribution in [2.45, 2.75) is 77.2 Å². The van der Waals surface area contributed by atoms with Crippen molar-refractivity contribution in [3.63, 3.8) is 0 Å². The molecule has 1 N–H and O–H groups in total. The number of nitrogens with one attached hydrogen (secondary N) is 1. The molecule has 20 heavy (non-hydrogen) atoms. The quantitative estimate of drug-likeness (QED) is 0.495. The zero-order chi connectivity index (χ0) is 14.6. The van der Waals surface area contributed by atoms with Crippen LogP contribution in [0.15, 0.2) is 0 Å². The molecule has 0 aromatic heterocycles. The van der Waals surface area contributed by atoms with E-state index >= 15 is 0 Å². The van der Waals surface area contributed by atoms with Crippen molar-refractivity contribution in [1.82, 2.24) is 5.32 Å². The molecule has 0 aromatic rings. The Bertz CT molecular complexity index is 281. The van der Waals surface area contributed by atoms with Gasteiger partial charge in [-0.3, -0.25) is 9.59 Å². The first kappa shape index (κ1) is 17.0. The summed E-state index contributed by atoms with van der Waals surface area (Å²) in [5, 5.41) is 3.00. The second kappa shape index (κ2) is 10.7. The molecular weight excluding hydrogens is 254 g/mol. The summed E-state index contributed by atoms with van der Waals surface area (Å²) in [6, 6.07) is 0. The lowest BCUT2D eigenvalue weighted by molar-refractivity contribution is -0.143. The summed E-state index contributed by atoms with van der Waals surface area (Å²) < 4.78 is 5.05. The summed E-state index contributed by atoms with van der Waals surface area (Å²) in [6.45, 7) is 3.43. The molecule has 1 aliphatic carbocycles. The highest BCUT2D eigenvalue weighted by atomic mass is 16.5. The number of hydrogen-bond acceptors (Lipinski definition) is 3. The molecule has 1 rings (SSSR count). The van der Waals surface area contributed by atoms with Gasteiger partial charge in [0, 0.05) is 6.54 Å². The zero-order valence-corrected chi connectivity index (χ0v) is 12.7. The van der Waals surface area contributed by atoms with Crippen LogP contribution in [-0.2, 0) is 14.3 Å². The molecule has 0 unspecified atom stereocenters. The molecular formula is C16H29NO3. The molecule has 1 aliphatic rings. The number of hydrogen-bond donors (Lipinski definition) is 1. The lowest BCUT2D eigenvalue weighted by atomic mass is 9.85. The maximum Gasteiger partial charge on any atom is 0.293 e. The van der Waals surface area contributed by atoms with E-state index in [4.69, 9.17) is 4.74 Å². The van der Waals surface area contributed by atoms with E-state index < -0.39 is 0 Å². The molecule has 0 bridgehead atoms. The lowest BCUT2D eigenvalue weighted by Gasteiger charge is -2.28. The van der Waals surface area contributed by atoms with Crippen molar-refractivity contribution >= 4 is 12.4 Å². The fourth-order valence-electron chi connectivity index (χ4n) is 2.88. The van der Waals surface area contributed by atoms with E-state index in [2.05, 4.69) is 12.2 Å². The van der Waals surface area contributed by atoms with Crippen LogP contribution in [0.5, 0.6) is 0 Å². The molecule has 0 aromatic carbocycles. The van der Waals surface area contributed by atoms with Gasteiger partial charge >= 0.3 is 0 Å². The van der Waals surface area contributed by atoms with E-state index in [1.54, 1.807) is 0 Å². The van der Waals surface area contributed by atoms with E-state index in [0.717, 1.165) is 38.6 Å². The number of carbonyl (C=O) groups excluding carboxylic acids is 2. The summed E-state index contributed by atoms with van der Waals surface area (Å²) in [7, 11) is 0. The van der Waals surface area contributed by atoms with Crippen LogP contribution in [0.2, 0.25) is 0 Å². The Morgan fingerprint density at radius 3 is 2.60 bits per heavy atom. The van der Waals surface area contributed by atoms with E-state index in [1.165, 1.54) is 32.1 Å². The molecule has 0 radical (unpaired) electrons. The van der Waals surface area contributed by atoms with Crippen LogP contribution >= 0.6 is 0 Å². The minimum atomic E-state index is -0.217. The van der Waals surface area contributed by atoms with Gasteiger partial charge in [0.05, 0.1) is 5.92 Å². The normalized spacial score (nSPS) is 22.2. The summed E-state index contributed by atoms with van der Waals surface area (Å²) in [4.78, 5) is 22.6. The van der Waals surface area contributed by atoms with Crippen molar-refractivity contribution in [3.05, 3.63) is 0 Å². The van der Waals surface area contributed by atoms with Crippen LogP contribution in [0.25, 0.3) is 0 Å². The summed E-state index contributed by atoms with van der Waals surface area (Å²) in [6.07, 6.45) is 10.9. The van der Waals surface area contributed by atoms with Gasteiger partial charge in [-0.05, 0) is 25.7 Å². The minimum Gasteiger partial charge on any atom is -0.464 e. The fourth-order valence-corrected chi connectivity index (χ4v) is 2.88. The number of unbranched alkanes of at least 4 members (excludes halogenated alkanes) is 5. The Hall–Kier alpha value is -1.06. The predicted molar refractivity (Wildman–Crippen MR) is 79.3 cm³/mol. The van der Waals surface area contributed by atoms with E-state index in [1.807, 2.05) is 0 Å². The predicted octanol–water partition coefficient (Wildman–Crippen LogP) is 3.19. The standard InChI is InChI=1S/C16H29NO3/c1-2-3-4-5-6-9-12-17-16(19)14-10-7-8-11-15(14)20-13-18/h13-15H,2-12H2,1H3,(H,17,19)/t14-,15-/m0/s1. The first-order valence-corrected chi connectivity index (χ1v) is 8.16. The summed E-state index contributed by atoms with van der Waals surface area (Å²) >= 11 is 0. The maximum absolute atomic E-state index is 12.1. The van der Waals surface area contributed by atoms with Gasteiger partial charge in [-0.1, -0.05) is 45.4 Å². The average molecular weight is 283 g/mol. The molecule has 0 heterocycles. The average Bonchev–Trinajstić information content (AvgIpc) is 2.47. The van der Waals surface area contributed by atoms with Crippen molar-refractivity contribution in [1.29, 1.82) is 0 Å². The van der Waals surface area contributed by atoms with Gasteiger partial charge in [0.15, 0.2) is 0 Å². The zero-order valence-electron chi connectivity index (χ0n) is 12.7. The lowest BCUT2D eigenvalue weighted by Crippen LogP contribution is -2.40. The highest BCUT2D eigenvalue weighted by Gasteiger charge is 2.31. The topological polar surface area (TPSA) is 55.4 Å².